The third-order valence-electron chi connectivity index (χ3n) is 1.68. The predicted molar refractivity (Wildman–Crippen MR) is 64.3 cm³/mol. The Morgan fingerprint density at radius 1 is 1.41 bits per heavy atom. The average Bonchev–Trinajstić information content (AvgIpc) is 2.08. The van der Waals surface area contributed by atoms with E-state index in [1.165, 1.54) is 6.26 Å². The summed E-state index contributed by atoms with van der Waals surface area (Å²) in [5.74, 6) is -0.950. The topological polar surface area (TPSA) is 92.7 Å². The molecule has 0 radical (unpaired) electrons. The van der Waals surface area contributed by atoms with Crippen molar-refractivity contribution in [3.63, 3.8) is 0 Å². The lowest BCUT2D eigenvalue weighted by atomic mass is 10.2. The first-order chi connectivity index (χ1) is 7.61. The van der Waals surface area contributed by atoms with Crippen molar-refractivity contribution in [3.8, 4) is 0 Å². The SMILES string of the molecule is C[S@@](=O)CC[C@@H](NC(=O)OC(C)(C)C)C(=O)O. The van der Waals surface area contributed by atoms with E-state index in [4.69, 9.17) is 9.84 Å². The second-order valence-electron chi connectivity index (χ2n) is 4.60. The lowest BCUT2D eigenvalue weighted by Gasteiger charge is -2.21. The number of hydrogen-bond acceptors (Lipinski definition) is 4. The first-order valence-corrected chi connectivity index (χ1v) is 6.87. The van der Waals surface area contributed by atoms with Crippen LogP contribution in [0.3, 0.4) is 0 Å². The Morgan fingerprint density at radius 2 is 1.94 bits per heavy atom. The maximum absolute atomic E-state index is 11.3. The molecule has 0 saturated heterocycles. The summed E-state index contributed by atoms with van der Waals surface area (Å²) in [5.41, 5.74) is -0.680. The van der Waals surface area contributed by atoms with Gasteiger partial charge >= 0.3 is 12.1 Å². The van der Waals surface area contributed by atoms with Crippen LogP contribution in [0, 0.1) is 0 Å². The van der Waals surface area contributed by atoms with Crippen LogP contribution in [0.5, 0.6) is 0 Å². The van der Waals surface area contributed by atoms with E-state index in [2.05, 4.69) is 5.32 Å². The zero-order valence-electron chi connectivity index (χ0n) is 10.5. The quantitative estimate of drug-likeness (QED) is 0.764. The molecule has 2 atom stereocenters. The van der Waals surface area contributed by atoms with Gasteiger partial charge in [0, 0.05) is 22.8 Å². The summed E-state index contributed by atoms with van der Waals surface area (Å²) >= 11 is 0. The van der Waals surface area contributed by atoms with Gasteiger partial charge in [0.2, 0.25) is 0 Å². The highest BCUT2D eigenvalue weighted by Crippen LogP contribution is 2.07. The Hall–Kier alpha value is -1.11. The molecule has 0 rings (SSSR count). The van der Waals surface area contributed by atoms with E-state index in [9.17, 15) is 13.8 Å². The van der Waals surface area contributed by atoms with E-state index in [-0.39, 0.29) is 12.2 Å². The van der Waals surface area contributed by atoms with Crippen LogP contribution >= 0.6 is 0 Å². The summed E-state index contributed by atoms with van der Waals surface area (Å²) in [4.78, 5) is 22.2. The highest BCUT2D eigenvalue weighted by Gasteiger charge is 2.23. The standard InChI is InChI=1S/C10H19NO5S/c1-10(2,3)16-9(14)11-7(8(12)13)5-6-17(4)15/h7H,5-6H2,1-4H3,(H,11,14)(H,12,13)/t7-,17-/m1/s1. The largest absolute Gasteiger partial charge is 0.480 e. The van der Waals surface area contributed by atoms with Crippen LogP contribution < -0.4 is 5.32 Å². The Bertz CT molecular complexity index is 310. The van der Waals surface area contributed by atoms with Gasteiger partial charge in [0.15, 0.2) is 0 Å². The Labute approximate surface area is 103 Å². The second-order valence-corrected chi connectivity index (χ2v) is 6.16. The molecular formula is C10H19NO5S. The molecule has 7 heteroatoms. The van der Waals surface area contributed by atoms with Crippen molar-refractivity contribution in [3.05, 3.63) is 0 Å². The number of nitrogens with one attached hydrogen (secondary N) is 1. The molecule has 0 aromatic carbocycles. The van der Waals surface area contributed by atoms with E-state index >= 15 is 0 Å². The number of alkyl carbamates (subject to hydrolysis) is 1. The molecule has 100 valence electrons. The Morgan fingerprint density at radius 3 is 2.29 bits per heavy atom. The summed E-state index contributed by atoms with van der Waals surface area (Å²) in [7, 11) is -1.09. The van der Waals surface area contributed by atoms with Gasteiger partial charge < -0.3 is 15.2 Å². The summed E-state index contributed by atoms with van der Waals surface area (Å²) in [5, 5.41) is 11.1. The molecule has 0 aromatic rings. The van der Waals surface area contributed by atoms with Crippen molar-refractivity contribution in [1.82, 2.24) is 5.32 Å². The normalized spacial score (nSPS) is 14.8. The van der Waals surface area contributed by atoms with E-state index < -0.39 is 34.5 Å². The van der Waals surface area contributed by atoms with Crippen LogP contribution in [0.4, 0.5) is 4.79 Å². The summed E-state index contributed by atoms with van der Waals surface area (Å²) in [6.07, 6.45) is 0.802. The molecule has 0 aliphatic heterocycles. The number of ether oxygens (including phenoxy) is 1. The number of carbonyl (C=O) groups excluding carboxylic acids is 1. The fourth-order valence-electron chi connectivity index (χ4n) is 0.991. The van der Waals surface area contributed by atoms with Crippen LogP contribution in [-0.2, 0) is 20.3 Å². The predicted octanol–water partition coefficient (Wildman–Crippen LogP) is 0.733. The number of hydrogen-bond donors (Lipinski definition) is 2. The summed E-state index contributed by atoms with van der Waals surface area (Å²) in [6, 6.07) is -1.08. The van der Waals surface area contributed by atoms with Crippen molar-refractivity contribution < 1.29 is 23.6 Å². The van der Waals surface area contributed by atoms with Gasteiger partial charge in [0.05, 0.1) is 0 Å². The van der Waals surface area contributed by atoms with Crippen molar-refractivity contribution in [2.75, 3.05) is 12.0 Å². The zero-order chi connectivity index (χ0) is 13.6. The molecule has 0 unspecified atom stereocenters. The van der Waals surface area contributed by atoms with Gasteiger partial charge in [-0.1, -0.05) is 0 Å². The van der Waals surface area contributed by atoms with Crippen LogP contribution in [-0.4, -0.2) is 45.0 Å². The molecule has 17 heavy (non-hydrogen) atoms. The molecule has 1 amide bonds. The maximum atomic E-state index is 11.3. The summed E-state index contributed by atoms with van der Waals surface area (Å²) in [6.45, 7) is 5.05. The highest BCUT2D eigenvalue weighted by atomic mass is 32.2. The van der Waals surface area contributed by atoms with Crippen LogP contribution in [0.2, 0.25) is 0 Å². The van der Waals surface area contributed by atoms with Crippen LogP contribution in [0.1, 0.15) is 27.2 Å². The number of carboxylic acid groups (broad SMARTS) is 1. The van der Waals surface area contributed by atoms with Gasteiger partial charge in [-0.3, -0.25) is 4.21 Å². The van der Waals surface area contributed by atoms with Gasteiger partial charge in [0.25, 0.3) is 0 Å². The van der Waals surface area contributed by atoms with Crippen LogP contribution in [0.25, 0.3) is 0 Å². The number of aliphatic carboxylic acids is 1. The molecule has 0 bridgehead atoms. The number of rotatable bonds is 5. The fourth-order valence-corrected chi connectivity index (χ4v) is 1.56. The molecule has 0 heterocycles. The molecular weight excluding hydrogens is 246 g/mol. The maximum Gasteiger partial charge on any atom is 0.408 e. The zero-order valence-corrected chi connectivity index (χ0v) is 11.3. The van der Waals surface area contributed by atoms with E-state index in [0.29, 0.717) is 0 Å². The third-order valence-corrected chi connectivity index (χ3v) is 2.49. The van der Waals surface area contributed by atoms with Crippen molar-refractivity contribution in [1.29, 1.82) is 0 Å². The van der Waals surface area contributed by atoms with Crippen molar-refractivity contribution in [2.24, 2.45) is 0 Å². The summed E-state index contributed by atoms with van der Waals surface area (Å²) < 4.78 is 15.8. The Kier molecular flexibility index (Phi) is 6.15. The smallest absolute Gasteiger partial charge is 0.408 e. The average molecular weight is 265 g/mol. The molecule has 0 aliphatic rings. The lowest BCUT2D eigenvalue weighted by Crippen LogP contribution is -2.44. The van der Waals surface area contributed by atoms with Gasteiger partial charge in [-0.05, 0) is 27.2 Å². The second kappa shape index (κ2) is 6.58. The fraction of sp³-hybridized carbons (Fsp3) is 0.800. The van der Waals surface area contributed by atoms with Crippen molar-refractivity contribution >= 4 is 22.9 Å². The molecule has 0 saturated carbocycles. The molecule has 0 aliphatic carbocycles. The number of carboxylic acids is 1. The molecule has 6 nitrogen and oxygen atoms in total. The van der Waals surface area contributed by atoms with Gasteiger partial charge in [-0.25, -0.2) is 9.59 Å². The minimum absolute atomic E-state index is 0.109. The number of carbonyl (C=O) groups is 2. The van der Waals surface area contributed by atoms with Crippen LogP contribution in [0.15, 0.2) is 0 Å². The van der Waals surface area contributed by atoms with E-state index in [0.717, 1.165) is 0 Å². The third kappa shape index (κ3) is 8.67. The first-order valence-electron chi connectivity index (χ1n) is 5.14. The van der Waals surface area contributed by atoms with Crippen molar-refractivity contribution in [2.45, 2.75) is 38.8 Å². The monoisotopic (exact) mass is 265 g/mol. The minimum atomic E-state index is -1.17. The molecule has 2 N–H and O–H groups in total. The molecule has 0 aromatic heterocycles. The van der Waals surface area contributed by atoms with Gasteiger partial charge in [-0.15, -0.1) is 0 Å². The van der Waals surface area contributed by atoms with E-state index in [1.54, 1.807) is 20.8 Å². The number of amides is 1. The van der Waals surface area contributed by atoms with E-state index in [1.807, 2.05) is 0 Å². The molecule has 0 spiro atoms. The molecule has 0 fully saturated rings. The highest BCUT2D eigenvalue weighted by molar-refractivity contribution is 7.84. The van der Waals surface area contributed by atoms with Gasteiger partial charge in [-0.2, -0.15) is 0 Å². The minimum Gasteiger partial charge on any atom is -0.480 e. The first kappa shape index (κ1) is 15.9. The Balaban J connectivity index is 4.30. The van der Waals surface area contributed by atoms with Gasteiger partial charge in [0.1, 0.15) is 11.6 Å². The lowest BCUT2D eigenvalue weighted by molar-refractivity contribution is -0.139.